The molecule has 0 bridgehead atoms. The standard InChI is InChI=1S/C17H14ClF2N5O/c18-11-7-5-10(6-8-11)13-9-14(25-17(21-13)22-23-24-25)12-3-1-2-4-15(12)26-16(19)20/h1-8,13-14,16H,9H2,(H,21,22,24). The third-order valence-electron chi connectivity index (χ3n) is 4.32. The van der Waals surface area contributed by atoms with Gasteiger partial charge in [0.1, 0.15) is 5.75 Å². The lowest BCUT2D eigenvalue weighted by Crippen LogP contribution is -2.28. The Morgan fingerprint density at radius 2 is 1.92 bits per heavy atom. The first kappa shape index (κ1) is 16.7. The second kappa shape index (κ2) is 6.87. The van der Waals surface area contributed by atoms with Crippen molar-refractivity contribution in [1.82, 2.24) is 20.2 Å². The van der Waals surface area contributed by atoms with Crippen molar-refractivity contribution in [1.29, 1.82) is 0 Å². The quantitative estimate of drug-likeness (QED) is 0.742. The molecule has 6 nitrogen and oxygen atoms in total. The van der Waals surface area contributed by atoms with Gasteiger partial charge >= 0.3 is 6.61 Å². The van der Waals surface area contributed by atoms with Gasteiger partial charge in [-0.3, -0.25) is 0 Å². The van der Waals surface area contributed by atoms with E-state index in [1.165, 1.54) is 6.07 Å². The summed E-state index contributed by atoms with van der Waals surface area (Å²) in [5, 5.41) is 15.6. The van der Waals surface area contributed by atoms with Crippen molar-refractivity contribution < 1.29 is 13.5 Å². The smallest absolute Gasteiger partial charge is 0.387 e. The highest BCUT2D eigenvalue weighted by Crippen LogP contribution is 2.40. The highest BCUT2D eigenvalue weighted by molar-refractivity contribution is 6.30. The van der Waals surface area contributed by atoms with Gasteiger partial charge in [0.2, 0.25) is 5.95 Å². The van der Waals surface area contributed by atoms with Crippen LogP contribution in [0.3, 0.4) is 0 Å². The zero-order valence-corrected chi connectivity index (χ0v) is 14.1. The molecule has 3 aromatic rings. The molecule has 9 heteroatoms. The van der Waals surface area contributed by atoms with Gasteiger partial charge in [0.15, 0.2) is 0 Å². The van der Waals surface area contributed by atoms with Gasteiger partial charge in [-0.25, -0.2) is 4.68 Å². The number of anilines is 1. The van der Waals surface area contributed by atoms with Crippen LogP contribution in [-0.2, 0) is 0 Å². The third kappa shape index (κ3) is 3.20. The Kier molecular flexibility index (Phi) is 4.42. The van der Waals surface area contributed by atoms with Crippen LogP contribution in [0.4, 0.5) is 14.7 Å². The summed E-state index contributed by atoms with van der Waals surface area (Å²) in [5.74, 6) is 0.582. The molecule has 2 heterocycles. The lowest BCUT2D eigenvalue weighted by atomic mass is 9.93. The van der Waals surface area contributed by atoms with Crippen molar-refractivity contribution in [3.8, 4) is 5.75 Å². The number of hydrogen-bond acceptors (Lipinski definition) is 5. The van der Waals surface area contributed by atoms with Gasteiger partial charge < -0.3 is 10.1 Å². The first-order chi connectivity index (χ1) is 12.6. The van der Waals surface area contributed by atoms with Crippen molar-refractivity contribution in [2.24, 2.45) is 0 Å². The molecular formula is C17H14ClF2N5O. The van der Waals surface area contributed by atoms with Crippen LogP contribution in [0, 0.1) is 0 Å². The Bertz CT molecular complexity index is 902. The number of nitrogens with zero attached hydrogens (tertiary/aromatic N) is 4. The van der Waals surface area contributed by atoms with Crippen LogP contribution in [0.1, 0.15) is 29.6 Å². The van der Waals surface area contributed by atoms with Crippen LogP contribution >= 0.6 is 11.6 Å². The minimum absolute atomic E-state index is 0.102. The first-order valence-electron chi connectivity index (χ1n) is 7.95. The SMILES string of the molecule is FC(F)Oc1ccccc1C1CC(c2ccc(Cl)cc2)Nc2nnnn21. The number of ether oxygens (including phenoxy) is 1. The van der Waals surface area contributed by atoms with E-state index in [2.05, 4.69) is 20.8 Å². The third-order valence-corrected chi connectivity index (χ3v) is 4.57. The minimum atomic E-state index is -2.90. The summed E-state index contributed by atoms with van der Waals surface area (Å²) in [4.78, 5) is 0. The van der Waals surface area contributed by atoms with E-state index < -0.39 is 6.61 Å². The number of nitrogens with one attached hydrogen (secondary N) is 1. The maximum Gasteiger partial charge on any atom is 0.387 e. The van der Waals surface area contributed by atoms with Gasteiger partial charge in [-0.1, -0.05) is 47.0 Å². The second-order valence-corrected chi connectivity index (χ2v) is 6.30. The maximum atomic E-state index is 12.8. The molecule has 0 fully saturated rings. The number of benzene rings is 2. The molecule has 2 unspecified atom stereocenters. The molecule has 0 radical (unpaired) electrons. The van der Waals surface area contributed by atoms with Crippen molar-refractivity contribution in [2.75, 3.05) is 5.32 Å². The summed E-state index contributed by atoms with van der Waals surface area (Å²) in [5.41, 5.74) is 1.60. The van der Waals surface area contributed by atoms with Crippen molar-refractivity contribution in [3.63, 3.8) is 0 Å². The number of halogens is 3. The molecular weight excluding hydrogens is 364 g/mol. The average molecular weight is 378 g/mol. The molecule has 0 spiro atoms. The van der Waals surface area contributed by atoms with E-state index in [0.717, 1.165) is 5.56 Å². The fraction of sp³-hybridized carbons (Fsp3) is 0.235. The summed E-state index contributed by atoms with van der Waals surface area (Å²) < 4.78 is 31.9. The number of rotatable bonds is 4. The van der Waals surface area contributed by atoms with E-state index in [9.17, 15) is 8.78 Å². The molecule has 4 rings (SSSR count). The van der Waals surface area contributed by atoms with Crippen LogP contribution < -0.4 is 10.1 Å². The van der Waals surface area contributed by atoms with Gasteiger partial charge in [-0.05, 0) is 40.6 Å². The Balaban J connectivity index is 1.73. The van der Waals surface area contributed by atoms with E-state index in [-0.39, 0.29) is 17.8 Å². The number of hydrogen-bond donors (Lipinski definition) is 1. The molecule has 26 heavy (non-hydrogen) atoms. The fourth-order valence-electron chi connectivity index (χ4n) is 3.17. The Morgan fingerprint density at radius 3 is 2.69 bits per heavy atom. The lowest BCUT2D eigenvalue weighted by molar-refractivity contribution is -0.0507. The number of fused-ring (bicyclic) bond motifs is 1. The van der Waals surface area contributed by atoms with Crippen LogP contribution in [0.2, 0.25) is 5.02 Å². The second-order valence-electron chi connectivity index (χ2n) is 5.86. The molecule has 1 aliphatic rings. The lowest BCUT2D eigenvalue weighted by Gasteiger charge is -2.31. The molecule has 1 aromatic heterocycles. The van der Waals surface area contributed by atoms with Crippen LogP contribution in [0.25, 0.3) is 0 Å². The molecule has 134 valence electrons. The van der Waals surface area contributed by atoms with Gasteiger partial charge in [0, 0.05) is 10.6 Å². The molecule has 1 aliphatic heterocycles. The van der Waals surface area contributed by atoms with E-state index in [0.29, 0.717) is 23.0 Å². The van der Waals surface area contributed by atoms with Crippen molar-refractivity contribution in [2.45, 2.75) is 25.1 Å². The first-order valence-corrected chi connectivity index (χ1v) is 8.33. The largest absolute Gasteiger partial charge is 0.434 e. The van der Waals surface area contributed by atoms with E-state index >= 15 is 0 Å². The van der Waals surface area contributed by atoms with Gasteiger partial charge in [0.05, 0.1) is 12.1 Å². The Morgan fingerprint density at radius 1 is 1.15 bits per heavy atom. The summed E-state index contributed by atoms with van der Waals surface area (Å²) in [6, 6.07) is 13.7. The number of tetrazole rings is 1. The zero-order valence-electron chi connectivity index (χ0n) is 13.4. The molecule has 2 aromatic carbocycles. The van der Waals surface area contributed by atoms with Crippen LogP contribution in [-0.4, -0.2) is 26.8 Å². The predicted octanol–water partition coefficient (Wildman–Crippen LogP) is 4.07. The molecule has 0 saturated carbocycles. The number of alkyl halides is 2. The summed E-state index contributed by atoms with van der Waals surface area (Å²) in [6.07, 6.45) is 0.559. The predicted molar refractivity (Wildman–Crippen MR) is 91.5 cm³/mol. The normalized spacial score (nSPS) is 19.1. The van der Waals surface area contributed by atoms with Gasteiger partial charge in [0.25, 0.3) is 0 Å². The molecule has 0 saturated heterocycles. The number of aromatic nitrogens is 4. The molecule has 0 aliphatic carbocycles. The topological polar surface area (TPSA) is 64.9 Å². The van der Waals surface area contributed by atoms with Crippen LogP contribution in [0.5, 0.6) is 5.75 Å². The minimum Gasteiger partial charge on any atom is -0.434 e. The van der Waals surface area contributed by atoms with Crippen molar-refractivity contribution in [3.05, 3.63) is 64.7 Å². The summed E-state index contributed by atoms with van der Waals surface area (Å²) >= 11 is 5.96. The average Bonchev–Trinajstić information content (AvgIpc) is 3.10. The van der Waals surface area contributed by atoms with E-state index in [4.69, 9.17) is 16.3 Å². The van der Waals surface area contributed by atoms with Gasteiger partial charge in [-0.2, -0.15) is 8.78 Å². The number of para-hydroxylation sites is 1. The van der Waals surface area contributed by atoms with Gasteiger partial charge in [-0.15, -0.1) is 0 Å². The molecule has 2 atom stereocenters. The van der Waals surface area contributed by atoms with Crippen LogP contribution in [0.15, 0.2) is 48.5 Å². The monoisotopic (exact) mass is 377 g/mol. The van der Waals surface area contributed by atoms with Crippen molar-refractivity contribution >= 4 is 17.5 Å². The zero-order chi connectivity index (χ0) is 18.1. The Labute approximate surface area is 152 Å². The Hall–Kier alpha value is -2.74. The maximum absolute atomic E-state index is 12.8. The van der Waals surface area contributed by atoms with E-state index in [1.807, 2.05) is 12.1 Å². The highest BCUT2D eigenvalue weighted by atomic mass is 35.5. The fourth-order valence-corrected chi connectivity index (χ4v) is 3.29. The molecule has 0 amide bonds. The summed E-state index contributed by atoms with van der Waals surface area (Å²) in [6.45, 7) is -2.90. The highest BCUT2D eigenvalue weighted by Gasteiger charge is 2.32. The van der Waals surface area contributed by atoms with E-state index in [1.54, 1.807) is 35.0 Å². The summed E-state index contributed by atoms with van der Waals surface area (Å²) in [7, 11) is 0. The molecule has 1 N–H and O–H groups in total.